The van der Waals surface area contributed by atoms with Crippen LogP contribution in [0, 0.1) is 0 Å². The maximum atomic E-state index is 11.8. The summed E-state index contributed by atoms with van der Waals surface area (Å²) in [6.45, 7) is 5.81. The van der Waals surface area contributed by atoms with Crippen molar-refractivity contribution < 1.29 is 8.42 Å². The standard InChI is InChI=1S/C18H23NO2S/c1-14(2)22(20,21)19-13-15(3)16-9-11-18(12-10-16)17-7-5-4-6-8-17/h4-12,14-15,19H,13H2,1-3H3/t15-/m0/s1. The van der Waals surface area contributed by atoms with Crippen LogP contribution < -0.4 is 4.72 Å². The van der Waals surface area contributed by atoms with Gasteiger partial charge in [0.1, 0.15) is 0 Å². The molecule has 0 aliphatic rings. The van der Waals surface area contributed by atoms with Crippen molar-refractivity contribution in [1.82, 2.24) is 4.72 Å². The Kier molecular flexibility index (Phi) is 5.37. The van der Waals surface area contributed by atoms with Crippen molar-refractivity contribution in [2.45, 2.75) is 31.9 Å². The van der Waals surface area contributed by atoms with Gasteiger partial charge in [0.2, 0.25) is 10.0 Å². The first kappa shape index (κ1) is 16.7. The predicted molar refractivity (Wildman–Crippen MR) is 92.4 cm³/mol. The fourth-order valence-electron chi connectivity index (χ4n) is 2.16. The predicted octanol–water partition coefficient (Wildman–Crippen LogP) is 3.78. The zero-order chi connectivity index (χ0) is 16.2. The fourth-order valence-corrected chi connectivity index (χ4v) is 2.98. The van der Waals surface area contributed by atoms with E-state index in [2.05, 4.69) is 41.1 Å². The topological polar surface area (TPSA) is 46.2 Å². The summed E-state index contributed by atoms with van der Waals surface area (Å²) in [6, 6.07) is 18.5. The summed E-state index contributed by atoms with van der Waals surface area (Å²) < 4.78 is 26.3. The first-order valence-electron chi connectivity index (χ1n) is 7.54. The van der Waals surface area contributed by atoms with Gasteiger partial charge < -0.3 is 0 Å². The molecule has 0 aromatic heterocycles. The van der Waals surface area contributed by atoms with Crippen LogP contribution in [0.25, 0.3) is 11.1 Å². The minimum Gasteiger partial charge on any atom is -0.214 e. The fraction of sp³-hybridized carbons (Fsp3) is 0.333. The SMILES string of the molecule is CC(C)S(=O)(=O)NC[C@H](C)c1ccc(-c2ccccc2)cc1. The van der Waals surface area contributed by atoms with Gasteiger partial charge in [-0.3, -0.25) is 0 Å². The Morgan fingerprint density at radius 3 is 1.95 bits per heavy atom. The van der Waals surface area contributed by atoms with Crippen molar-refractivity contribution in [3.05, 3.63) is 60.2 Å². The molecule has 118 valence electrons. The quantitative estimate of drug-likeness (QED) is 0.881. The number of hydrogen-bond donors (Lipinski definition) is 1. The summed E-state index contributed by atoms with van der Waals surface area (Å²) in [6.07, 6.45) is 0. The van der Waals surface area contributed by atoms with Gasteiger partial charge in [-0.2, -0.15) is 0 Å². The Hall–Kier alpha value is -1.65. The third-order valence-corrected chi connectivity index (χ3v) is 5.61. The lowest BCUT2D eigenvalue weighted by Gasteiger charge is -2.15. The zero-order valence-electron chi connectivity index (χ0n) is 13.3. The van der Waals surface area contributed by atoms with E-state index in [0.717, 1.165) is 5.56 Å². The van der Waals surface area contributed by atoms with Gasteiger partial charge in [-0.1, -0.05) is 61.5 Å². The molecule has 1 N–H and O–H groups in total. The van der Waals surface area contributed by atoms with E-state index in [1.165, 1.54) is 11.1 Å². The molecule has 0 radical (unpaired) electrons. The van der Waals surface area contributed by atoms with E-state index >= 15 is 0 Å². The Morgan fingerprint density at radius 1 is 0.864 bits per heavy atom. The van der Waals surface area contributed by atoms with E-state index < -0.39 is 15.3 Å². The molecule has 1 atom stereocenters. The van der Waals surface area contributed by atoms with E-state index in [1.807, 2.05) is 25.1 Å². The average Bonchev–Trinajstić information content (AvgIpc) is 2.53. The molecule has 0 saturated carbocycles. The molecule has 0 saturated heterocycles. The summed E-state index contributed by atoms with van der Waals surface area (Å²) in [5.74, 6) is 0.137. The summed E-state index contributed by atoms with van der Waals surface area (Å²) in [5, 5.41) is -0.403. The molecule has 0 bridgehead atoms. The van der Waals surface area contributed by atoms with Crippen LogP contribution in [-0.2, 0) is 10.0 Å². The number of rotatable bonds is 6. The molecule has 0 aliphatic carbocycles. The van der Waals surface area contributed by atoms with Crippen LogP contribution in [0.15, 0.2) is 54.6 Å². The molecule has 0 amide bonds. The smallest absolute Gasteiger partial charge is 0.213 e. The van der Waals surface area contributed by atoms with Crippen LogP contribution >= 0.6 is 0 Å². The number of benzene rings is 2. The molecule has 3 nitrogen and oxygen atoms in total. The summed E-state index contributed by atoms with van der Waals surface area (Å²) >= 11 is 0. The van der Waals surface area contributed by atoms with E-state index in [1.54, 1.807) is 13.8 Å². The van der Waals surface area contributed by atoms with E-state index in [9.17, 15) is 8.42 Å². The van der Waals surface area contributed by atoms with Crippen molar-refractivity contribution in [3.63, 3.8) is 0 Å². The van der Waals surface area contributed by atoms with Gasteiger partial charge in [0, 0.05) is 6.54 Å². The molecule has 0 aliphatic heterocycles. The van der Waals surface area contributed by atoms with Crippen molar-refractivity contribution in [1.29, 1.82) is 0 Å². The monoisotopic (exact) mass is 317 g/mol. The van der Waals surface area contributed by atoms with Gasteiger partial charge in [0.25, 0.3) is 0 Å². The maximum absolute atomic E-state index is 11.8. The second-order valence-corrected chi connectivity index (χ2v) is 8.15. The average molecular weight is 317 g/mol. The van der Waals surface area contributed by atoms with Gasteiger partial charge in [0.15, 0.2) is 0 Å². The summed E-state index contributed by atoms with van der Waals surface area (Å²) in [7, 11) is -3.20. The lowest BCUT2D eigenvalue weighted by molar-refractivity contribution is 0.566. The molecule has 0 spiro atoms. The van der Waals surface area contributed by atoms with Crippen molar-refractivity contribution in [2.75, 3.05) is 6.54 Å². The molecule has 22 heavy (non-hydrogen) atoms. The van der Waals surface area contributed by atoms with E-state index in [-0.39, 0.29) is 5.92 Å². The van der Waals surface area contributed by atoms with Gasteiger partial charge in [-0.05, 0) is 36.5 Å². The molecule has 4 heteroatoms. The van der Waals surface area contributed by atoms with Crippen molar-refractivity contribution >= 4 is 10.0 Å². The lowest BCUT2D eigenvalue weighted by Crippen LogP contribution is -2.33. The molecule has 2 aromatic rings. The van der Waals surface area contributed by atoms with Gasteiger partial charge in [-0.25, -0.2) is 13.1 Å². The highest BCUT2D eigenvalue weighted by Crippen LogP contribution is 2.22. The Balaban J connectivity index is 2.04. The van der Waals surface area contributed by atoms with E-state index in [0.29, 0.717) is 6.54 Å². The molecule has 0 unspecified atom stereocenters. The minimum absolute atomic E-state index is 0.137. The Bertz CT molecular complexity index is 692. The highest BCUT2D eigenvalue weighted by Gasteiger charge is 2.16. The molecular weight excluding hydrogens is 294 g/mol. The zero-order valence-corrected chi connectivity index (χ0v) is 14.1. The van der Waals surface area contributed by atoms with Crippen LogP contribution in [-0.4, -0.2) is 20.2 Å². The minimum atomic E-state index is -3.20. The number of hydrogen-bond acceptors (Lipinski definition) is 2. The molecular formula is C18H23NO2S. The maximum Gasteiger partial charge on any atom is 0.213 e. The summed E-state index contributed by atoms with van der Waals surface area (Å²) in [5.41, 5.74) is 3.48. The highest BCUT2D eigenvalue weighted by atomic mass is 32.2. The van der Waals surface area contributed by atoms with Crippen LogP contribution in [0.5, 0.6) is 0 Å². The van der Waals surface area contributed by atoms with E-state index in [4.69, 9.17) is 0 Å². The van der Waals surface area contributed by atoms with Crippen LogP contribution in [0.3, 0.4) is 0 Å². The molecule has 0 fully saturated rings. The largest absolute Gasteiger partial charge is 0.214 e. The van der Waals surface area contributed by atoms with Crippen molar-refractivity contribution in [3.8, 4) is 11.1 Å². The van der Waals surface area contributed by atoms with Crippen LogP contribution in [0.4, 0.5) is 0 Å². The molecule has 0 heterocycles. The normalized spacial score (nSPS) is 13.3. The Morgan fingerprint density at radius 2 is 1.41 bits per heavy atom. The Labute approximate surface area is 133 Å². The van der Waals surface area contributed by atoms with Gasteiger partial charge in [-0.15, -0.1) is 0 Å². The highest BCUT2D eigenvalue weighted by molar-refractivity contribution is 7.90. The number of sulfonamides is 1. The van der Waals surface area contributed by atoms with Crippen LogP contribution in [0.2, 0.25) is 0 Å². The first-order valence-corrected chi connectivity index (χ1v) is 9.08. The first-order chi connectivity index (χ1) is 10.4. The second kappa shape index (κ2) is 7.07. The third kappa shape index (κ3) is 4.18. The summed E-state index contributed by atoms with van der Waals surface area (Å²) in [4.78, 5) is 0. The van der Waals surface area contributed by atoms with Crippen molar-refractivity contribution in [2.24, 2.45) is 0 Å². The van der Waals surface area contributed by atoms with Gasteiger partial charge in [0.05, 0.1) is 5.25 Å². The molecule has 2 rings (SSSR count). The lowest BCUT2D eigenvalue weighted by atomic mass is 9.98. The van der Waals surface area contributed by atoms with Gasteiger partial charge >= 0.3 is 0 Å². The second-order valence-electron chi connectivity index (χ2n) is 5.83. The third-order valence-electron chi connectivity index (χ3n) is 3.80. The van der Waals surface area contributed by atoms with Crippen LogP contribution in [0.1, 0.15) is 32.3 Å². The number of nitrogens with one attached hydrogen (secondary N) is 1. The molecule has 2 aromatic carbocycles.